The molecular formula is C18H17N3O2. The molecule has 0 fully saturated rings. The molecule has 0 atom stereocenters. The van der Waals surface area contributed by atoms with Crippen LogP contribution in [-0.4, -0.2) is 23.3 Å². The Bertz CT molecular complexity index is 786. The molecule has 0 spiro atoms. The Morgan fingerprint density at radius 3 is 2.65 bits per heavy atom. The van der Waals surface area contributed by atoms with E-state index in [1.54, 1.807) is 12.4 Å². The van der Waals surface area contributed by atoms with E-state index in [1.807, 2.05) is 29.2 Å². The summed E-state index contributed by atoms with van der Waals surface area (Å²) in [4.78, 5) is 30.2. The molecule has 0 unspecified atom stereocenters. The number of amides is 2. The first-order valence-corrected chi connectivity index (χ1v) is 7.85. The molecule has 5 heteroatoms. The number of hydrogen-bond donors (Lipinski definition) is 1. The Morgan fingerprint density at radius 1 is 1.13 bits per heavy atom. The molecule has 1 aromatic heterocycles. The third-order valence-electron chi connectivity index (χ3n) is 4.52. The van der Waals surface area contributed by atoms with Gasteiger partial charge in [-0.05, 0) is 53.8 Å². The molecule has 23 heavy (non-hydrogen) atoms. The smallest absolute Gasteiger partial charge is 0.251 e. The number of hydrogen-bond acceptors (Lipinski definition) is 3. The molecule has 2 amide bonds. The van der Waals surface area contributed by atoms with Crippen molar-refractivity contribution < 1.29 is 9.59 Å². The number of carbonyl (C=O) groups is 2. The molecule has 3 heterocycles. The van der Waals surface area contributed by atoms with Gasteiger partial charge in [-0.15, -0.1) is 0 Å². The van der Waals surface area contributed by atoms with E-state index in [4.69, 9.17) is 0 Å². The van der Waals surface area contributed by atoms with Gasteiger partial charge in [0.05, 0.1) is 5.69 Å². The summed E-state index contributed by atoms with van der Waals surface area (Å²) in [5, 5.41) is 2.95. The number of pyridine rings is 1. The minimum absolute atomic E-state index is 0.0730. The highest BCUT2D eigenvalue weighted by Gasteiger charge is 2.31. The van der Waals surface area contributed by atoms with Gasteiger partial charge in [-0.2, -0.15) is 0 Å². The minimum atomic E-state index is -0.0730. The molecular weight excluding hydrogens is 290 g/mol. The summed E-state index contributed by atoms with van der Waals surface area (Å²) in [6, 6.07) is 7.64. The van der Waals surface area contributed by atoms with Gasteiger partial charge in [0, 0.05) is 37.5 Å². The molecule has 1 N–H and O–H groups in total. The van der Waals surface area contributed by atoms with Gasteiger partial charge >= 0.3 is 0 Å². The van der Waals surface area contributed by atoms with Crippen LogP contribution in [0.3, 0.4) is 0 Å². The zero-order valence-corrected chi connectivity index (χ0v) is 12.7. The Balaban J connectivity index is 1.56. The van der Waals surface area contributed by atoms with Gasteiger partial charge in [-0.1, -0.05) is 0 Å². The van der Waals surface area contributed by atoms with E-state index in [0.29, 0.717) is 18.5 Å². The van der Waals surface area contributed by atoms with Gasteiger partial charge in [0.2, 0.25) is 5.91 Å². The van der Waals surface area contributed by atoms with Gasteiger partial charge in [0.25, 0.3) is 5.91 Å². The third-order valence-corrected chi connectivity index (χ3v) is 4.52. The van der Waals surface area contributed by atoms with Crippen LogP contribution in [0, 0.1) is 0 Å². The second-order valence-electron chi connectivity index (χ2n) is 5.98. The first kappa shape index (κ1) is 13.9. The van der Waals surface area contributed by atoms with Crippen molar-refractivity contribution in [3.63, 3.8) is 0 Å². The summed E-state index contributed by atoms with van der Waals surface area (Å²) < 4.78 is 0. The van der Waals surface area contributed by atoms with Crippen LogP contribution in [0.2, 0.25) is 0 Å². The van der Waals surface area contributed by atoms with Crippen molar-refractivity contribution >= 4 is 17.5 Å². The lowest BCUT2D eigenvalue weighted by Crippen LogP contribution is -2.33. The molecule has 0 bridgehead atoms. The Kier molecular flexibility index (Phi) is 3.33. The molecule has 116 valence electrons. The Hall–Kier alpha value is -2.69. The Morgan fingerprint density at radius 2 is 1.87 bits per heavy atom. The molecule has 0 radical (unpaired) electrons. The van der Waals surface area contributed by atoms with Crippen LogP contribution in [0.4, 0.5) is 5.69 Å². The van der Waals surface area contributed by atoms with Crippen LogP contribution in [0.1, 0.15) is 33.5 Å². The van der Waals surface area contributed by atoms with Gasteiger partial charge in [-0.25, -0.2) is 0 Å². The average Bonchev–Trinajstić information content (AvgIpc) is 3.02. The standard InChI is InChI=1S/C18H17N3O2/c22-16-2-1-13-9-15(10-14-5-8-21(16)17(13)14)18(23)20-11-12-3-6-19-7-4-12/h3-4,6-7,9-10H,1-2,5,8,11H2,(H,20,23). The van der Waals surface area contributed by atoms with Gasteiger partial charge in [0.15, 0.2) is 0 Å². The van der Waals surface area contributed by atoms with E-state index in [-0.39, 0.29) is 11.8 Å². The lowest BCUT2D eigenvalue weighted by molar-refractivity contribution is -0.118. The SMILES string of the molecule is O=C(NCc1ccncc1)c1cc2c3c(c1)CCN3C(=O)CC2. The molecule has 5 nitrogen and oxygen atoms in total. The molecule has 0 saturated heterocycles. The van der Waals surface area contributed by atoms with Gasteiger partial charge < -0.3 is 10.2 Å². The molecule has 4 rings (SSSR count). The van der Waals surface area contributed by atoms with Crippen LogP contribution < -0.4 is 10.2 Å². The van der Waals surface area contributed by atoms with Gasteiger partial charge in [-0.3, -0.25) is 14.6 Å². The number of nitrogens with zero attached hydrogens (tertiary/aromatic N) is 2. The number of benzene rings is 1. The number of aryl methyl sites for hydroxylation is 1. The fourth-order valence-electron chi connectivity index (χ4n) is 3.37. The summed E-state index contributed by atoms with van der Waals surface area (Å²) in [7, 11) is 0. The van der Waals surface area contributed by atoms with Crippen molar-refractivity contribution in [2.45, 2.75) is 25.8 Å². The maximum absolute atomic E-state index is 12.4. The lowest BCUT2D eigenvalue weighted by Gasteiger charge is -2.25. The van der Waals surface area contributed by atoms with Crippen molar-refractivity contribution in [2.24, 2.45) is 0 Å². The largest absolute Gasteiger partial charge is 0.348 e. The van der Waals surface area contributed by atoms with Crippen LogP contribution >= 0.6 is 0 Å². The first-order chi connectivity index (χ1) is 11.2. The van der Waals surface area contributed by atoms with Crippen LogP contribution in [0.25, 0.3) is 0 Å². The maximum atomic E-state index is 12.4. The van der Waals surface area contributed by atoms with Crippen molar-refractivity contribution in [1.82, 2.24) is 10.3 Å². The van der Waals surface area contributed by atoms with Crippen molar-refractivity contribution in [3.8, 4) is 0 Å². The number of anilines is 1. The summed E-state index contributed by atoms with van der Waals surface area (Å²) in [5.74, 6) is 0.127. The zero-order valence-electron chi connectivity index (χ0n) is 12.7. The van der Waals surface area contributed by atoms with Crippen LogP contribution in [0.15, 0.2) is 36.7 Å². The fourth-order valence-corrected chi connectivity index (χ4v) is 3.37. The summed E-state index contributed by atoms with van der Waals surface area (Å²) >= 11 is 0. The quantitative estimate of drug-likeness (QED) is 0.941. The molecule has 0 aliphatic carbocycles. The number of rotatable bonds is 3. The fraction of sp³-hybridized carbons (Fsp3) is 0.278. The highest BCUT2D eigenvalue weighted by molar-refractivity contribution is 6.01. The minimum Gasteiger partial charge on any atom is -0.348 e. The van der Waals surface area contributed by atoms with Crippen LogP contribution in [-0.2, 0) is 24.2 Å². The summed E-state index contributed by atoms with van der Waals surface area (Å²) in [6.07, 6.45) is 5.52. The molecule has 0 saturated carbocycles. The monoisotopic (exact) mass is 307 g/mol. The van der Waals surface area contributed by atoms with E-state index in [1.165, 1.54) is 0 Å². The third kappa shape index (κ3) is 2.48. The van der Waals surface area contributed by atoms with E-state index in [0.717, 1.165) is 41.8 Å². The van der Waals surface area contributed by atoms with Crippen molar-refractivity contribution in [1.29, 1.82) is 0 Å². The van der Waals surface area contributed by atoms with E-state index in [9.17, 15) is 9.59 Å². The summed E-state index contributed by atoms with van der Waals surface area (Å²) in [5.41, 5.74) is 4.99. The Labute approximate surface area is 134 Å². The molecule has 1 aromatic carbocycles. The predicted octanol–water partition coefficient (Wildman–Crippen LogP) is 1.85. The van der Waals surface area contributed by atoms with E-state index in [2.05, 4.69) is 10.3 Å². The van der Waals surface area contributed by atoms with Gasteiger partial charge in [0.1, 0.15) is 0 Å². The second-order valence-corrected chi connectivity index (χ2v) is 5.98. The average molecular weight is 307 g/mol. The number of carbonyl (C=O) groups excluding carboxylic acids is 2. The summed E-state index contributed by atoms with van der Waals surface area (Å²) in [6.45, 7) is 1.22. The zero-order chi connectivity index (χ0) is 15.8. The molecule has 2 aromatic rings. The highest BCUT2D eigenvalue weighted by Crippen LogP contribution is 2.37. The molecule has 2 aliphatic heterocycles. The second kappa shape index (κ2) is 5.50. The topological polar surface area (TPSA) is 62.3 Å². The van der Waals surface area contributed by atoms with E-state index >= 15 is 0 Å². The number of aromatic nitrogens is 1. The lowest BCUT2D eigenvalue weighted by atomic mass is 9.96. The van der Waals surface area contributed by atoms with E-state index < -0.39 is 0 Å². The molecule has 2 aliphatic rings. The predicted molar refractivity (Wildman–Crippen MR) is 86.2 cm³/mol. The van der Waals surface area contributed by atoms with Crippen molar-refractivity contribution in [2.75, 3.05) is 11.4 Å². The maximum Gasteiger partial charge on any atom is 0.251 e. The van der Waals surface area contributed by atoms with Crippen LogP contribution in [0.5, 0.6) is 0 Å². The van der Waals surface area contributed by atoms with Crippen molar-refractivity contribution in [3.05, 3.63) is 58.9 Å². The number of nitrogens with one attached hydrogen (secondary N) is 1. The highest BCUT2D eigenvalue weighted by atomic mass is 16.2. The first-order valence-electron chi connectivity index (χ1n) is 7.85. The normalized spacial score (nSPS) is 15.5.